The highest BCUT2D eigenvalue weighted by molar-refractivity contribution is 7.89. The highest BCUT2D eigenvalue weighted by Gasteiger charge is 2.21. The maximum Gasteiger partial charge on any atom is 0.268 e. The number of hydrogen-bond acceptors (Lipinski definition) is 5. The quantitative estimate of drug-likeness (QED) is 0.613. The SMILES string of the molecule is Cc1cc(C(=O)[O-])cc(S(=O)(=O)NNC(=O)c2cn(C)c3ccccc23)c1C. The van der Waals surface area contributed by atoms with Gasteiger partial charge < -0.3 is 14.5 Å². The van der Waals surface area contributed by atoms with E-state index in [1.54, 1.807) is 43.8 Å². The first-order valence-corrected chi connectivity index (χ1v) is 9.79. The summed E-state index contributed by atoms with van der Waals surface area (Å²) in [5.74, 6) is -2.12. The minimum absolute atomic E-state index is 0.245. The van der Waals surface area contributed by atoms with Crippen LogP contribution in [-0.4, -0.2) is 24.9 Å². The monoisotopic (exact) mass is 400 g/mol. The largest absolute Gasteiger partial charge is 0.545 e. The molecule has 146 valence electrons. The average molecular weight is 400 g/mol. The van der Waals surface area contributed by atoms with E-state index in [1.807, 2.05) is 17.0 Å². The van der Waals surface area contributed by atoms with Crippen LogP contribution < -0.4 is 15.4 Å². The fraction of sp³-hybridized carbons (Fsp3) is 0.158. The minimum Gasteiger partial charge on any atom is -0.545 e. The molecule has 8 nitrogen and oxygen atoms in total. The van der Waals surface area contributed by atoms with Crippen molar-refractivity contribution in [3.8, 4) is 0 Å². The van der Waals surface area contributed by atoms with Crippen molar-refractivity contribution < 1.29 is 23.1 Å². The molecule has 0 saturated carbocycles. The van der Waals surface area contributed by atoms with Gasteiger partial charge in [0, 0.05) is 24.1 Å². The van der Waals surface area contributed by atoms with Gasteiger partial charge >= 0.3 is 0 Å². The maximum absolute atomic E-state index is 12.6. The van der Waals surface area contributed by atoms with Gasteiger partial charge in [0.2, 0.25) is 0 Å². The van der Waals surface area contributed by atoms with E-state index in [2.05, 4.69) is 5.43 Å². The Labute approximate surface area is 161 Å². The van der Waals surface area contributed by atoms with Gasteiger partial charge in [-0.05, 0) is 48.7 Å². The standard InChI is InChI=1S/C19H19N3O5S/c1-11-8-13(19(24)25)9-17(12(11)2)28(26,27)21-20-18(23)15-10-22(3)16-7-5-4-6-14(15)16/h4-10,21H,1-3H3,(H,20,23)(H,24,25)/p-1. The summed E-state index contributed by atoms with van der Waals surface area (Å²) in [6.45, 7) is 3.14. The molecule has 1 aromatic heterocycles. The molecule has 0 unspecified atom stereocenters. The van der Waals surface area contributed by atoms with Gasteiger partial charge in [0.25, 0.3) is 15.9 Å². The van der Waals surface area contributed by atoms with Crippen LogP contribution in [0.2, 0.25) is 0 Å². The first-order chi connectivity index (χ1) is 13.1. The zero-order valence-corrected chi connectivity index (χ0v) is 16.3. The summed E-state index contributed by atoms with van der Waals surface area (Å²) in [6.07, 6.45) is 1.60. The lowest BCUT2D eigenvalue weighted by atomic mass is 10.1. The van der Waals surface area contributed by atoms with Crippen molar-refractivity contribution in [2.24, 2.45) is 7.05 Å². The van der Waals surface area contributed by atoms with E-state index in [1.165, 1.54) is 6.07 Å². The van der Waals surface area contributed by atoms with Crippen molar-refractivity contribution in [3.05, 3.63) is 64.8 Å². The molecule has 1 amide bonds. The number of nitrogens with one attached hydrogen (secondary N) is 2. The molecule has 1 heterocycles. The molecule has 0 bridgehead atoms. The number of fused-ring (bicyclic) bond motifs is 1. The summed E-state index contributed by atoms with van der Waals surface area (Å²) < 4.78 is 27.0. The molecule has 0 spiro atoms. The number of amides is 1. The number of benzene rings is 2. The van der Waals surface area contributed by atoms with E-state index < -0.39 is 21.9 Å². The van der Waals surface area contributed by atoms with Gasteiger partial charge in [-0.15, -0.1) is 4.83 Å². The molecule has 2 N–H and O–H groups in total. The van der Waals surface area contributed by atoms with Crippen LogP contribution in [0.5, 0.6) is 0 Å². The first kappa shape index (κ1) is 19.6. The van der Waals surface area contributed by atoms with Crippen molar-refractivity contribution in [1.29, 1.82) is 0 Å². The number of sulfonamides is 1. The van der Waals surface area contributed by atoms with E-state index in [0.717, 1.165) is 11.6 Å². The molecule has 2 aromatic carbocycles. The molecule has 9 heteroatoms. The Hall–Kier alpha value is -3.17. The summed E-state index contributed by atoms with van der Waals surface area (Å²) in [6, 6.07) is 9.55. The zero-order chi connectivity index (χ0) is 20.6. The molecule has 0 fully saturated rings. The normalized spacial score (nSPS) is 11.5. The third-order valence-corrected chi connectivity index (χ3v) is 5.96. The minimum atomic E-state index is -4.20. The molecule has 0 saturated heterocycles. The Kier molecular flexibility index (Phi) is 4.97. The van der Waals surface area contributed by atoms with Gasteiger partial charge in [-0.3, -0.25) is 10.2 Å². The molecule has 3 aromatic rings. The molecule has 3 rings (SSSR count). The van der Waals surface area contributed by atoms with Crippen LogP contribution in [-0.2, 0) is 17.1 Å². The number of carbonyl (C=O) groups excluding carboxylic acids is 2. The van der Waals surface area contributed by atoms with E-state index in [-0.39, 0.29) is 10.5 Å². The molecule has 28 heavy (non-hydrogen) atoms. The van der Waals surface area contributed by atoms with Crippen LogP contribution in [0.15, 0.2) is 47.5 Å². The summed E-state index contributed by atoms with van der Waals surface area (Å²) in [7, 11) is -2.42. The van der Waals surface area contributed by atoms with Crippen LogP contribution in [0.1, 0.15) is 31.8 Å². The van der Waals surface area contributed by atoms with E-state index in [0.29, 0.717) is 22.1 Å². The Morgan fingerprint density at radius 3 is 2.46 bits per heavy atom. The lowest BCUT2D eigenvalue weighted by Gasteiger charge is -2.14. The van der Waals surface area contributed by atoms with Gasteiger partial charge in [-0.1, -0.05) is 18.2 Å². The molecule has 0 aliphatic heterocycles. The second-order valence-electron chi connectivity index (χ2n) is 6.43. The number of carbonyl (C=O) groups is 2. The highest BCUT2D eigenvalue weighted by Crippen LogP contribution is 2.22. The van der Waals surface area contributed by atoms with Crippen molar-refractivity contribution >= 4 is 32.8 Å². The van der Waals surface area contributed by atoms with Crippen LogP contribution in [0.3, 0.4) is 0 Å². The van der Waals surface area contributed by atoms with Gasteiger partial charge in [-0.25, -0.2) is 8.42 Å². The number of para-hydroxylation sites is 1. The number of carboxylic acids is 1. The smallest absolute Gasteiger partial charge is 0.268 e. The van der Waals surface area contributed by atoms with Gasteiger partial charge in [0.15, 0.2) is 0 Å². The number of aryl methyl sites for hydroxylation is 2. The predicted molar refractivity (Wildman–Crippen MR) is 101 cm³/mol. The zero-order valence-electron chi connectivity index (χ0n) is 15.4. The molecular formula is C19H18N3O5S-. The van der Waals surface area contributed by atoms with Crippen molar-refractivity contribution in [2.45, 2.75) is 18.7 Å². The Bertz CT molecular complexity index is 1210. The Morgan fingerprint density at radius 2 is 1.79 bits per heavy atom. The van der Waals surface area contributed by atoms with Crippen LogP contribution in [0.25, 0.3) is 10.9 Å². The average Bonchev–Trinajstić information content (AvgIpc) is 2.99. The van der Waals surface area contributed by atoms with Crippen LogP contribution >= 0.6 is 0 Å². The molecule has 0 atom stereocenters. The summed E-state index contributed by atoms with van der Waals surface area (Å²) in [5.41, 5.74) is 3.90. The third kappa shape index (κ3) is 3.49. The first-order valence-electron chi connectivity index (χ1n) is 8.30. The number of rotatable bonds is 5. The lowest BCUT2D eigenvalue weighted by Crippen LogP contribution is -2.41. The third-order valence-electron chi connectivity index (χ3n) is 4.59. The molecule has 0 aliphatic carbocycles. The number of carboxylic acid groups (broad SMARTS) is 1. The van der Waals surface area contributed by atoms with E-state index >= 15 is 0 Å². The molecular weight excluding hydrogens is 382 g/mol. The maximum atomic E-state index is 12.6. The topological polar surface area (TPSA) is 120 Å². The van der Waals surface area contributed by atoms with Gasteiger partial charge in [-0.2, -0.15) is 0 Å². The van der Waals surface area contributed by atoms with Gasteiger partial charge in [0.1, 0.15) is 0 Å². The van der Waals surface area contributed by atoms with Gasteiger partial charge in [0.05, 0.1) is 16.4 Å². The van der Waals surface area contributed by atoms with Crippen molar-refractivity contribution in [3.63, 3.8) is 0 Å². The van der Waals surface area contributed by atoms with E-state index in [9.17, 15) is 23.1 Å². The number of aromatic nitrogens is 1. The molecule has 0 radical (unpaired) electrons. The summed E-state index contributed by atoms with van der Waals surface area (Å²) >= 11 is 0. The fourth-order valence-electron chi connectivity index (χ4n) is 2.98. The lowest BCUT2D eigenvalue weighted by molar-refractivity contribution is -0.255. The highest BCUT2D eigenvalue weighted by atomic mass is 32.2. The summed E-state index contributed by atoms with van der Waals surface area (Å²) in [5, 5.41) is 11.8. The fourth-order valence-corrected chi connectivity index (χ4v) is 4.17. The number of nitrogens with zero attached hydrogens (tertiary/aromatic N) is 1. The summed E-state index contributed by atoms with van der Waals surface area (Å²) in [4.78, 5) is 25.4. The number of hydrogen-bond donors (Lipinski definition) is 2. The number of hydrazine groups is 1. The Morgan fingerprint density at radius 1 is 1.11 bits per heavy atom. The van der Waals surface area contributed by atoms with E-state index in [4.69, 9.17) is 0 Å². The Balaban J connectivity index is 1.89. The molecule has 0 aliphatic rings. The van der Waals surface area contributed by atoms with Crippen molar-refractivity contribution in [1.82, 2.24) is 14.8 Å². The second kappa shape index (κ2) is 7.10. The predicted octanol–water partition coefficient (Wildman–Crippen LogP) is 0.782. The second-order valence-corrected chi connectivity index (χ2v) is 8.09. The van der Waals surface area contributed by atoms with Crippen LogP contribution in [0.4, 0.5) is 0 Å². The van der Waals surface area contributed by atoms with Crippen molar-refractivity contribution in [2.75, 3.05) is 0 Å². The number of aromatic carboxylic acids is 1. The van der Waals surface area contributed by atoms with Crippen LogP contribution in [0, 0.1) is 13.8 Å².